The number of primary amides is 1. The first-order valence-corrected chi connectivity index (χ1v) is 9.15. The third kappa shape index (κ3) is 2.56. The zero-order valence-electron chi connectivity index (χ0n) is 15.8. The Labute approximate surface area is 162 Å². The van der Waals surface area contributed by atoms with Crippen molar-refractivity contribution in [3.05, 3.63) is 41.1 Å². The van der Waals surface area contributed by atoms with Gasteiger partial charge < -0.3 is 26.6 Å². The number of aromatic hydroxyl groups is 1. The summed E-state index contributed by atoms with van der Waals surface area (Å²) in [5, 5.41) is 20.9. The van der Waals surface area contributed by atoms with Gasteiger partial charge in [0.15, 0.2) is 0 Å². The smallest absolute Gasteiger partial charge is 0.253 e. The molecule has 1 atom stereocenters. The van der Waals surface area contributed by atoms with Crippen LogP contribution < -0.4 is 16.4 Å². The lowest BCUT2D eigenvalue weighted by atomic mass is 10.1. The van der Waals surface area contributed by atoms with E-state index in [1.165, 1.54) is 0 Å². The lowest BCUT2D eigenvalue weighted by Crippen LogP contribution is -2.28. The van der Waals surface area contributed by atoms with E-state index >= 15 is 0 Å². The molecule has 8 heteroatoms. The maximum absolute atomic E-state index is 12.2. The van der Waals surface area contributed by atoms with Gasteiger partial charge in [0, 0.05) is 17.5 Å². The second-order valence-electron chi connectivity index (χ2n) is 7.22. The molecule has 6 N–H and O–H groups in total. The molecule has 3 heterocycles. The maximum Gasteiger partial charge on any atom is 0.253 e. The van der Waals surface area contributed by atoms with Gasteiger partial charge in [0.25, 0.3) is 5.91 Å². The molecule has 28 heavy (non-hydrogen) atoms. The predicted molar refractivity (Wildman–Crippen MR) is 108 cm³/mol. The number of aliphatic hydroxyl groups is 1. The molecule has 1 saturated heterocycles. The Balaban J connectivity index is 2.03. The number of nitrogens with two attached hydrogens (primary N) is 2. The van der Waals surface area contributed by atoms with Crippen LogP contribution in [0.5, 0.6) is 5.75 Å². The van der Waals surface area contributed by atoms with Crippen molar-refractivity contribution < 1.29 is 15.0 Å². The van der Waals surface area contributed by atoms with Crippen LogP contribution in [-0.4, -0.2) is 38.4 Å². The molecule has 4 rings (SSSR count). The van der Waals surface area contributed by atoms with Crippen molar-refractivity contribution in [2.75, 3.05) is 17.2 Å². The zero-order chi connectivity index (χ0) is 20.2. The summed E-state index contributed by atoms with van der Waals surface area (Å²) in [6.07, 6.45) is 2.65. The van der Waals surface area contributed by atoms with E-state index in [0.29, 0.717) is 40.9 Å². The number of carbonyl (C=O) groups is 1. The number of aryl methyl sites for hydroxylation is 1. The predicted octanol–water partition coefficient (Wildman–Crippen LogP) is 1.95. The number of fused-ring (bicyclic) bond motifs is 1. The number of rotatable bonds is 3. The molecule has 0 bridgehead atoms. The van der Waals surface area contributed by atoms with Crippen LogP contribution in [0.15, 0.2) is 24.4 Å². The van der Waals surface area contributed by atoms with Crippen molar-refractivity contribution in [1.82, 2.24) is 9.55 Å². The van der Waals surface area contributed by atoms with E-state index in [0.717, 1.165) is 12.0 Å². The number of nitrogens with zero attached hydrogens (tertiary/aromatic N) is 3. The summed E-state index contributed by atoms with van der Waals surface area (Å²) >= 11 is 0. The van der Waals surface area contributed by atoms with Gasteiger partial charge in [-0.1, -0.05) is 6.07 Å². The molecule has 1 unspecified atom stereocenters. The lowest BCUT2D eigenvalue weighted by Gasteiger charge is -2.22. The van der Waals surface area contributed by atoms with Crippen LogP contribution in [-0.2, 0) is 0 Å². The number of pyridine rings is 1. The molecule has 3 aromatic rings. The number of amides is 1. The molecule has 0 spiro atoms. The maximum atomic E-state index is 12.2. The Bertz CT molecular complexity index is 1110. The standard InChI is InChI=1S/C20H23N5O3/c1-10-5-6-14(26)11(2)17(10)25-18(21)16(19(22)28)13-8-12(9-23-20(13)25)24-7-3-4-15(24)27/h5-6,8-9,15,26-27H,3-4,7,21H2,1-2H3,(H2,22,28). The summed E-state index contributed by atoms with van der Waals surface area (Å²) in [4.78, 5) is 18.6. The van der Waals surface area contributed by atoms with Crippen LogP contribution in [0.4, 0.5) is 11.5 Å². The van der Waals surface area contributed by atoms with Crippen LogP contribution in [0.3, 0.4) is 0 Å². The van der Waals surface area contributed by atoms with Crippen molar-refractivity contribution in [2.24, 2.45) is 5.73 Å². The van der Waals surface area contributed by atoms with Crippen molar-refractivity contribution >= 4 is 28.4 Å². The highest BCUT2D eigenvalue weighted by molar-refractivity contribution is 6.11. The van der Waals surface area contributed by atoms with Gasteiger partial charge in [-0.2, -0.15) is 0 Å². The molecule has 0 saturated carbocycles. The summed E-state index contributed by atoms with van der Waals surface area (Å²) in [6.45, 7) is 4.38. The van der Waals surface area contributed by atoms with Crippen LogP contribution >= 0.6 is 0 Å². The number of aliphatic hydroxyl groups excluding tert-OH is 1. The van der Waals surface area contributed by atoms with Crippen LogP contribution in [0.2, 0.25) is 0 Å². The minimum absolute atomic E-state index is 0.124. The van der Waals surface area contributed by atoms with Crippen molar-refractivity contribution in [1.29, 1.82) is 0 Å². The first kappa shape index (κ1) is 18.1. The second kappa shape index (κ2) is 6.42. The molecule has 1 amide bonds. The van der Waals surface area contributed by atoms with Crippen LogP contribution in [0.1, 0.15) is 34.3 Å². The summed E-state index contributed by atoms with van der Waals surface area (Å²) in [5.41, 5.74) is 15.5. The second-order valence-corrected chi connectivity index (χ2v) is 7.22. The number of hydrogen-bond acceptors (Lipinski definition) is 6. The molecule has 1 aliphatic rings. The number of benzene rings is 1. The van der Waals surface area contributed by atoms with Gasteiger partial charge in [0.2, 0.25) is 0 Å². The van der Waals surface area contributed by atoms with E-state index in [2.05, 4.69) is 4.98 Å². The summed E-state index contributed by atoms with van der Waals surface area (Å²) in [5.74, 6) is -0.358. The zero-order valence-corrected chi connectivity index (χ0v) is 15.8. The molecule has 8 nitrogen and oxygen atoms in total. The van der Waals surface area contributed by atoms with Crippen LogP contribution in [0, 0.1) is 13.8 Å². The highest BCUT2D eigenvalue weighted by Crippen LogP contribution is 2.37. The van der Waals surface area contributed by atoms with Gasteiger partial charge in [0.1, 0.15) is 23.4 Å². The topological polar surface area (TPSA) is 131 Å². The Hall–Kier alpha value is -3.26. The van der Waals surface area contributed by atoms with Gasteiger partial charge in [-0.05, 0) is 44.4 Å². The van der Waals surface area contributed by atoms with E-state index in [9.17, 15) is 15.0 Å². The Morgan fingerprint density at radius 1 is 1.32 bits per heavy atom. The van der Waals surface area contributed by atoms with E-state index in [-0.39, 0.29) is 17.1 Å². The lowest BCUT2D eigenvalue weighted by molar-refractivity contribution is 0.100. The molecule has 0 radical (unpaired) electrons. The Morgan fingerprint density at radius 2 is 2.07 bits per heavy atom. The number of aromatic nitrogens is 2. The monoisotopic (exact) mass is 381 g/mol. The number of hydrogen-bond donors (Lipinski definition) is 4. The van der Waals surface area contributed by atoms with E-state index in [4.69, 9.17) is 11.5 Å². The minimum atomic E-state index is -0.655. The van der Waals surface area contributed by atoms with Gasteiger partial charge in [-0.3, -0.25) is 9.36 Å². The number of nitrogen functional groups attached to an aromatic ring is 1. The van der Waals surface area contributed by atoms with Gasteiger partial charge in [-0.15, -0.1) is 0 Å². The third-order valence-corrected chi connectivity index (χ3v) is 5.46. The summed E-state index contributed by atoms with van der Waals surface area (Å²) in [6, 6.07) is 5.18. The van der Waals surface area contributed by atoms with E-state index < -0.39 is 12.1 Å². The van der Waals surface area contributed by atoms with Crippen molar-refractivity contribution in [3.8, 4) is 11.4 Å². The summed E-state index contributed by atoms with van der Waals surface area (Å²) < 4.78 is 1.66. The first-order chi connectivity index (χ1) is 13.3. The molecular formula is C20H23N5O3. The van der Waals surface area contributed by atoms with Crippen molar-refractivity contribution in [2.45, 2.75) is 32.9 Å². The van der Waals surface area contributed by atoms with Gasteiger partial charge in [0.05, 0.1) is 23.1 Å². The summed E-state index contributed by atoms with van der Waals surface area (Å²) in [7, 11) is 0. The van der Waals surface area contributed by atoms with E-state index in [1.54, 1.807) is 35.9 Å². The number of carbonyl (C=O) groups excluding carboxylic acids is 1. The van der Waals surface area contributed by atoms with Crippen LogP contribution in [0.25, 0.3) is 16.7 Å². The number of phenols is 1. The fourth-order valence-corrected chi connectivity index (χ4v) is 4.03. The first-order valence-electron chi connectivity index (χ1n) is 9.15. The molecule has 1 aromatic carbocycles. The Morgan fingerprint density at radius 3 is 2.71 bits per heavy atom. The molecular weight excluding hydrogens is 358 g/mol. The minimum Gasteiger partial charge on any atom is -0.508 e. The number of anilines is 2. The van der Waals surface area contributed by atoms with Gasteiger partial charge >= 0.3 is 0 Å². The largest absolute Gasteiger partial charge is 0.508 e. The molecule has 1 fully saturated rings. The average Bonchev–Trinajstić information content (AvgIpc) is 3.19. The SMILES string of the molecule is Cc1ccc(O)c(C)c1-n1c(N)c(C(N)=O)c2cc(N3CCCC3O)cnc21. The van der Waals surface area contributed by atoms with Crippen molar-refractivity contribution in [3.63, 3.8) is 0 Å². The average molecular weight is 381 g/mol. The molecule has 1 aliphatic heterocycles. The fraction of sp³-hybridized carbons (Fsp3) is 0.300. The molecule has 2 aromatic heterocycles. The Kier molecular flexibility index (Phi) is 4.15. The molecule has 146 valence electrons. The third-order valence-electron chi connectivity index (χ3n) is 5.46. The highest BCUT2D eigenvalue weighted by Gasteiger charge is 2.27. The quantitative estimate of drug-likeness (QED) is 0.548. The normalized spacial score (nSPS) is 16.8. The molecule has 0 aliphatic carbocycles. The fourth-order valence-electron chi connectivity index (χ4n) is 4.03. The van der Waals surface area contributed by atoms with E-state index in [1.807, 2.05) is 11.8 Å². The highest BCUT2D eigenvalue weighted by atomic mass is 16.3. The van der Waals surface area contributed by atoms with Gasteiger partial charge in [-0.25, -0.2) is 4.98 Å². The number of phenolic OH excluding ortho intramolecular Hbond substituents is 1.